The molecule has 0 spiro atoms. The Bertz CT molecular complexity index is 599. The second-order valence-corrected chi connectivity index (χ2v) is 5.67. The van der Waals surface area contributed by atoms with Crippen LogP contribution in [0.3, 0.4) is 0 Å². The SMILES string of the molecule is CNCc1occc1-c1ccc2c(c1)C(C)(C)CO2. The van der Waals surface area contributed by atoms with Gasteiger partial charge < -0.3 is 14.5 Å². The highest BCUT2D eigenvalue weighted by molar-refractivity contribution is 5.68. The Hall–Kier alpha value is -1.74. The molecule has 1 aromatic heterocycles. The van der Waals surface area contributed by atoms with Crippen LogP contribution in [0.5, 0.6) is 5.75 Å². The summed E-state index contributed by atoms with van der Waals surface area (Å²) < 4.78 is 11.3. The minimum absolute atomic E-state index is 0.0816. The first-order valence-corrected chi connectivity index (χ1v) is 6.60. The zero-order chi connectivity index (χ0) is 13.5. The lowest BCUT2D eigenvalue weighted by atomic mass is 9.85. The number of fused-ring (bicyclic) bond motifs is 1. The van der Waals surface area contributed by atoms with Gasteiger partial charge in [-0.3, -0.25) is 0 Å². The third-order valence-electron chi connectivity index (χ3n) is 3.69. The minimum atomic E-state index is 0.0816. The number of hydrogen-bond donors (Lipinski definition) is 1. The molecule has 0 unspecified atom stereocenters. The van der Waals surface area contributed by atoms with Gasteiger partial charge in [0.15, 0.2) is 0 Å². The maximum Gasteiger partial charge on any atom is 0.125 e. The lowest BCUT2D eigenvalue weighted by Gasteiger charge is -2.15. The second kappa shape index (κ2) is 4.42. The third-order valence-corrected chi connectivity index (χ3v) is 3.69. The molecular formula is C16H19NO2. The van der Waals surface area contributed by atoms with Gasteiger partial charge in [0.2, 0.25) is 0 Å². The molecule has 3 nitrogen and oxygen atoms in total. The van der Waals surface area contributed by atoms with Gasteiger partial charge in [-0.1, -0.05) is 19.9 Å². The van der Waals surface area contributed by atoms with Crippen molar-refractivity contribution in [3.63, 3.8) is 0 Å². The predicted octanol–water partition coefficient (Wildman–Crippen LogP) is 3.34. The normalized spacial score (nSPS) is 16.2. The van der Waals surface area contributed by atoms with Crippen LogP contribution in [-0.4, -0.2) is 13.7 Å². The predicted molar refractivity (Wildman–Crippen MR) is 75.4 cm³/mol. The Labute approximate surface area is 113 Å². The van der Waals surface area contributed by atoms with Gasteiger partial charge in [0.25, 0.3) is 0 Å². The summed E-state index contributed by atoms with van der Waals surface area (Å²) in [5.74, 6) is 1.98. The molecule has 2 heterocycles. The molecule has 3 heteroatoms. The summed E-state index contributed by atoms with van der Waals surface area (Å²) in [7, 11) is 1.92. The van der Waals surface area contributed by atoms with Crippen molar-refractivity contribution in [1.82, 2.24) is 5.32 Å². The molecule has 0 saturated carbocycles. The van der Waals surface area contributed by atoms with Crippen LogP contribution >= 0.6 is 0 Å². The number of furan rings is 1. The van der Waals surface area contributed by atoms with Crippen molar-refractivity contribution in [1.29, 1.82) is 0 Å². The van der Waals surface area contributed by atoms with E-state index in [2.05, 4.69) is 37.4 Å². The zero-order valence-corrected chi connectivity index (χ0v) is 11.6. The Kier molecular flexibility index (Phi) is 2.86. The summed E-state index contributed by atoms with van der Waals surface area (Å²) >= 11 is 0. The summed E-state index contributed by atoms with van der Waals surface area (Å²) in [5.41, 5.74) is 3.70. The first-order valence-electron chi connectivity index (χ1n) is 6.60. The first-order chi connectivity index (χ1) is 9.12. The van der Waals surface area contributed by atoms with Gasteiger partial charge in [-0.05, 0) is 30.8 Å². The summed E-state index contributed by atoms with van der Waals surface area (Å²) in [5, 5.41) is 3.13. The topological polar surface area (TPSA) is 34.4 Å². The fourth-order valence-electron chi connectivity index (χ4n) is 2.58. The molecule has 0 bridgehead atoms. The van der Waals surface area contributed by atoms with Crippen molar-refractivity contribution in [2.24, 2.45) is 0 Å². The summed E-state index contributed by atoms with van der Waals surface area (Å²) in [6.45, 7) is 5.92. The highest BCUT2D eigenvalue weighted by Gasteiger charge is 2.32. The minimum Gasteiger partial charge on any atom is -0.492 e. The average Bonchev–Trinajstić information content (AvgIpc) is 2.95. The van der Waals surface area contributed by atoms with E-state index in [-0.39, 0.29) is 5.41 Å². The van der Waals surface area contributed by atoms with Crippen molar-refractivity contribution in [2.45, 2.75) is 25.8 Å². The van der Waals surface area contributed by atoms with E-state index in [1.54, 1.807) is 6.26 Å². The fourth-order valence-corrected chi connectivity index (χ4v) is 2.58. The number of hydrogen-bond acceptors (Lipinski definition) is 3. The van der Waals surface area contributed by atoms with Gasteiger partial charge in [-0.15, -0.1) is 0 Å². The Morgan fingerprint density at radius 2 is 2.11 bits per heavy atom. The fraction of sp³-hybridized carbons (Fsp3) is 0.375. The average molecular weight is 257 g/mol. The van der Waals surface area contributed by atoms with E-state index in [0.717, 1.165) is 30.2 Å². The van der Waals surface area contributed by atoms with Crippen LogP contribution in [0.1, 0.15) is 25.2 Å². The van der Waals surface area contributed by atoms with E-state index in [9.17, 15) is 0 Å². The van der Waals surface area contributed by atoms with Gasteiger partial charge in [-0.25, -0.2) is 0 Å². The van der Waals surface area contributed by atoms with Gasteiger partial charge in [0.1, 0.15) is 11.5 Å². The molecule has 1 aliphatic heterocycles. The molecule has 3 rings (SSSR count). The van der Waals surface area contributed by atoms with Crippen LogP contribution in [-0.2, 0) is 12.0 Å². The molecule has 0 atom stereocenters. The van der Waals surface area contributed by atoms with Crippen molar-refractivity contribution < 1.29 is 9.15 Å². The van der Waals surface area contributed by atoms with Crippen molar-refractivity contribution in [3.05, 3.63) is 41.9 Å². The lowest BCUT2D eigenvalue weighted by molar-refractivity contribution is 0.291. The Balaban J connectivity index is 2.05. The van der Waals surface area contributed by atoms with E-state index in [1.165, 1.54) is 11.1 Å². The van der Waals surface area contributed by atoms with E-state index < -0.39 is 0 Å². The largest absolute Gasteiger partial charge is 0.492 e. The van der Waals surface area contributed by atoms with Crippen LogP contribution in [0.4, 0.5) is 0 Å². The summed E-state index contributed by atoms with van der Waals surface area (Å²) in [6, 6.07) is 8.42. The standard InChI is InChI=1S/C16H19NO2/c1-16(2)10-19-14-5-4-11(8-13(14)16)12-6-7-18-15(12)9-17-3/h4-8,17H,9-10H2,1-3H3. The van der Waals surface area contributed by atoms with Crippen molar-refractivity contribution in [3.8, 4) is 16.9 Å². The van der Waals surface area contributed by atoms with Gasteiger partial charge in [-0.2, -0.15) is 0 Å². The van der Waals surface area contributed by atoms with E-state index in [4.69, 9.17) is 9.15 Å². The number of nitrogens with one attached hydrogen (secondary N) is 1. The number of rotatable bonds is 3. The second-order valence-electron chi connectivity index (χ2n) is 5.67. The van der Waals surface area contributed by atoms with Crippen molar-refractivity contribution >= 4 is 0 Å². The third kappa shape index (κ3) is 2.04. The van der Waals surface area contributed by atoms with E-state index in [0.29, 0.717) is 0 Å². The lowest BCUT2D eigenvalue weighted by Crippen LogP contribution is -2.18. The Morgan fingerprint density at radius 1 is 1.26 bits per heavy atom. The molecule has 19 heavy (non-hydrogen) atoms. The maximum atomic E-state index is 5.73. The molecule has 0 fully saturated rings. The first kappa shape index (κ1) is 12.3. The highest BCUT2D eigenvalue weighted by atomic mass is 16.5. The molecule has 0 saturated heterocycles. The molecule has 1 aliphatic rings. The highest BCUT2D eigenvalue weighted by Crippen LogP contribution is 2.41. The van der Waals surface area contributed by atoms with Gasteiger partial charge in [0, 0.05) is 16.5 Å². The zero-order valence-electron chi connectivity index (χ0n) is 11.6. The molecule has 0 amide bonds. The van der Waals surface area contributed by atoms with Crippen LogP contribution in [0, 0.1) is 0 Å². The molecule has 1 N–H and O–H groups in total. The molecule has 1 aromatic carbocycles. The molecular weight excluding hydrogens is 238 g/mol. The Morgan fingerprint density at radius 3 is 2.89 bits per heavy atom. The molecule has 0 aliphatic carbocycles. The monoisotopic (exact) mass is 257 g/mol. The van der Waals surface area contributed by atoms with Crippen LogP contribution in [0.2, 0.25) is 0 Å². The quantitative estimate of drug-likeness (QED) is 0.915. The smallest absolute Gasteiger partial charge is 0.125 e. The van der Waals surface area contributed by atoms with Crippen LogP contribution < -0.4 is 10.1 Å². The van der Waals surface area contributed by atoms with Crippen molar-refractivity contribution in [2.75, 3.05) is 13.7 Å². The van der Waals surface area contributed by atoms with E-state index in [1.807, 2.05) is 13.1 Å². The molecule has 2 aromatic rings. The molecule has 100 valence electrons. The maximum absolute atomic E-state index is 5.73. The number of benzene rings is 1. The van der Waals surface area contributed by atoms with Gasteiger partial charge >= 0.3 is 0 Å². The summed E-state index contributed by atoms with van der Waals surface area (Å²) in [4.78, 5) is 0. The van der Waals surface area contributed by atoms with Crippen LogP contribution in [0.25, 0.3) is 11.1 Å². The summed E-state index contributed by atoms with van der Waals surface area (Å²) in [6.07, 6.45) is 1.75. The number of ether oxygens (including phenoxy) is 1. The van der Waals surface area contributed by atoms with E-state index >= 15 is 0 Å². The van der Waals surface area contributed by atoms with Gasteiger partial charge in [0.05, 0.1) is 19.4 Å². The molecule has 0 radical (unpaired) electrons. The van der Waals surface area contributed by atoms with Crippen LogP contribution in [0.15, 0.2) is 34.9 Å².